The van der Waals surface area contributed by atoms with Crippen LogP contribution >= 0.6 is 7.60 Å². The van der Waals surface area contributed by atoms with Gasteiger partial charge in [0.15, 0.2) is 0 Å². The molecule has 0 bridgehead atoms. The first-order chi connectivity index (χ1) is 12.5. The van der Waals surface area contributed by atoms with Crippen LogP contribution in [-0.2, 0) is 23.7 Å². The van der Waals surface area contributed by atoms with E-state index in [-0.39, 0.29) is 13.2 Å². The number of anilines is 2. The van der Waals surface area contributed by atoms with Crippen LogP contribution in [0.4, 0.5) is 11.4 Å². The number of fused-ring (bicyclic) bond motifs is 1. The molecule has 1 aliphatic heterocycles. The van der Waals surface area contributed by atoms with E-state index in [1.54, 1.807) is 32.0 Å². The van der Waals surface area contributed by atoms with Gasteiger partial charge in [-0.05, 0) is 39.0 Å². The van der Waals surface area contributed by atoms with Crippen LogP contribution in [0.25, 0.3) is 0 Å². The van der Waals surface area contributed by atoms with E-state index in [2.05, 4.69) is 10.6 Å². The van der Waals surface area contributed by atoms with E-state index in [0.717, 1.165) is 5.56 Å². The molecule has 1 unspecified atom stereocenters. The molecule has 2 aromatic carbocycles. The number of benzene rings is 2. The topological polar surface area (TPSA) is 76.7 Å². The number of rotatable bonds is 7. The molecule has 0 fully saturated rings. The van der Waals surface area contributed by atoms with Crippen LogP contribution in [0.3, 0.4) is 0 Å². The number of carbonyl (C=O) groups excluding carboxylic acids is 1. The summed E-state index contributed by atoms with van der Waals surface area (Å²) in [6, 6.07) is 14.7. The highest BCUT2D eigenvalue weighted by atomic mass is 31.2. The predicted octanol–water partition coefficient (Wildman–Crippen LogP) is 4.48. The fourth-order valence-corrected chi connectivity index (χ4v) is 5.33. The third kappa shape index (κ3) is 2.94. The van der Waals surface area contributed by atoms with Crippen LogP contribution in [0.1, 0.15) is 25.0 Å². The highest BCUT2D eigenvalue weighted by molar-refractivity contribution is 7.56. The lowest BCUT2D eigenvalue weighted by Crippen LogP contribution is -2.43. The zero-order chi connectivity index (χ0) is 18.8. The minimum Gasteiger partial charge on any atom is -0.358 e. The molecule has 1 heterocycles. The molecular formula is C19H23N2O4P. The Morgan fingerprint density at radius 2 is 1.65 bits per heavy atom. The molecule has 0 aliphatic carbocycles. The van der Waals surface area contributed by atoms with Gasteiger partial charge in [-0.25, -0.2) is 0 Å². The van der Waals surface area contributed by atoms with Crippen LogP contribution in [0.2, 0.25) is 0 Å². The molecule has 1 aliphatic rings. The van der Waals surface area contributed by atoms with E-state index in [9.17, 15) is 9.36 Å². The van der Waals surface area contributed by atoms with Crippen molar-refractivity contribution in [2.24, 2.45) is 0 Å². The van der Waals surface area contributed by atoms with Gasteiger partial charge < -0.3 is 19.7 Å². The zero-order valence-electron chi connectivity index (χ0n) is 15.1. The number of nitrogens with one attached hydrogen (secondary N) is 2. The standard InChI is InChI=1S/C19H23N2O4P/c1-4-24-26(23,25-5-2)19(21-15-12-10-14(3)11-13-15)16-8-6-7-9-17(16)20-18(19)22/h6-13,21H,4-5H2,1-3H3,(H,20,22). The second-order valence-corrected chi connectivity index (χ2v) is 8.22. The van der Waals surface area contributed by atoms with Crippen molar-refractivity contribution in [1.82, 2.24) is 0 Å². The number of hydrogen-bond acceptors (Lipinski definition) is 5. The second kappa shape index (κ2) is 7.23. The van der Waals surface area contributed by atoms with Gasteiger partial charge in [0.05, 0.1) is 13.2 Å². The molecule has 0 saturated heterocycles. The minimum absolute atomic E-state index is 0.157. The number of carbonyl (C=O) groups is 1. The van der Waals surface area contributed by atoms with Crippen molar-refractivity contribution < 1.29 is 18.4 Å². The maximum Gasteiger partial charge on any atom is 0.370 e. The van der Waals surface area contributed by atoms with Gasteiger partial charge >= 0.3 is 7.60 Å². The molecule has 0 saturated carbocycles. The average Bonchev–Trinajstić information content (AvgIpc) is 2.90. The van der Waals surface area contributed by atoms with E-state index < -0.39 is 18.8 Å². The van der Waals surface area contributed by atoms with Gasteiger partial charge in [0, 0.05) is 16.9 Å². The molecule has 26 heavy (non-hydrogen) atoms. The van der Waals surface area contributed by atoms with Crippen molar-refractivity contribution in [2.75, 3.05) is 23.8 Å². The molecule has 1 amide bonds. The van der Waals surface area contributed by atoms with Crippen molar-refractivity contribution in [3.05, 3.63) is 59.7 Å². The molecule has 3 rings (SSSR count). The molecule has 6 nitrogen and oxygen atoms in total. The highest BCUT2D eigenvalue weighted by Crippen LogP contribution is 2.67. The SMILES string of the molecule is CCOP(=O)(OCC)C1(Nc2ccc(C)cc2)C(=O)Nc2ccccc21. The Morgan fingerprint density at radius 3 is 2.27 bits per heavy atom. The van der Waals surface area contributed by atoms with Gasteiger partial charge in [0.1, 0.15) is 0 Å². The highest BCUT2D eigenvalue weighted by Gasteiger charge is 2.62. The summed E-state index contributed by atoms with van der Waals surface area (Å²) in [5, 5.41) is 4.33. The van der Waals surface area contributed by atoms with Crippen molar-refractivity contribution in [2.45, 2.75) is 26.1 Å². The van der Waals surface area contributed by atoms with Crippen LogP contribution in [0, 0.1) is 6.92 Å². The Balaban J connectivity index is 2.20. The molecule has 2 aromatic rings. The van der Waals surface area contributed by atoms with Gasteiger partial charge in [0.25, 0.3) is 5.91 Å². The molecule has 0 radical (unpaired) electrons. The third-order valence-corrected chi connectivity index (χ3v) is 6.85. The monoisotopic (exact) mass is 374 g/mol. The fraction of sp³-hybridized carbons (Fsp3) is 0.316. The minimum atomic E-state index is -3.89. The van der Waals surface area contributed by atoms with Gasteiger partial charge in [-0.1, -0.05) is 35.9 Å². The summed E-state index contributed by atoms with van der Waals surface area (Å²) in [5.41, 5.74) is 2.88. The summed E-state index contributed by atoms with van der Waals surface area (Å²) in [6.45, 7) is 5.74. The third-order valence-electron chi connectivity index (χ3n) is 4.28. The summed E-state index contributed by atoms with van der Waals surface area (Å²) in [5.74, 6) is -0.454. The van der Waals surface area contributed by atoms with Gasteiger partial charge in [0.2, 0.25) is 5.28 Å². The quantitative estimate of drug-likeness (QED) is 0.699. The zero-order valence-corrected chi connectivity index (χ0v) is 16.0. The first-order valence-corrected chi connectivity index (χ1v) is 10.2. The molecule has 138 valence electrons. The Kier molecular flexibility index (Phi) is 5.19. The Hall–Kier alpha value is -2.14. The van der Waals surface area contributed by atoms with Crippen LogP contribution in [-0.4, -0.2) is 19.1 Å². The lowest BCUT2D eigenvalue weighted by atomic mass is 10.1. The Labute approximate surface area is 153 Å². The predicted molar refractivity (Wildman–Crippen MR) is 102 cm³/mol. The van der Waals surface area contributed by atoms with Crippen molar-refractivity contribution in [1.29, 1.82) is 0 Å². The summed E-state index contributed by atoms with van der Waals surface area (Å²) >= 11 is 0. The van der Waals surface area contributed by atoms with E-state index in [1.165, 1.54) is 0 Å². The first kappa shape index (κ1) is 18.6. The molecular weight excluding hydrogens is 351 g/mol. The summed E-state index contributed by atoms with van der Waals surface area (Å²) < 4.78 is 25.0. The molecule has 7 heteroatoms. The number of hydrogen-bond donors (Lipinski definition) is 2. The van der Waals surface area contributed by atoms with Crippen LogP contribution in [0.5, 0.6) is 0 Å². The molecule has 1 atom stereocenters. The Morgan fingerprint density at radius 1 is 1.04 bits per heavy atom. The smallest absolute Gasteiger partial charge is 0.358 e. The summed E-state index contributed by atoms with van der Waals surface area (Å²) in [4.78, 5) is 13.1. The van der Waals surface area contributed by atoms with Crippen LogP contribution in [0.15, 0.2) is 48.5 Å². The normalized spacial score (nSPS) is 19.1. The number of amides is 1. The lowest BCUT2D eigenvalue weighted by molar-refractivity contribution is -0.118. The average molecular weight is 374 g/mol. The number of aryl methyl sites for hydroxylation is 1. The Bertz CT molecular complexity index is 843. The second-order valence-electron chi connectivity index (χ2n) is 6.03. The maximum absolute atomic E-state index is 13.8. The first-order valence-electron chi connectivity index (χ1n) is 8.62. The lowest BCUT2D eigenvalue weighted by Gasteiger charge is -2.35. The molecule has 0 aromatic heterocycles. The van der Waals surface area contributed by atoms with E-state index in [0.29, 0.717) is 16.9 Å². The molecule has 2 N–H and O–H groups in total. The van der Waals surface area contributed by atoms with Gasteiger partial charge in [-0.15, -0.1) is 0 Å². The van der Waals surface area contributed by atoms with Crippen LogP contribution < -0.4 is 10.6 Å². The van der Waals surface area contributed by atoms with Crippen molar-refractivity contribution in [3.8, 4) is 0 Å². The maximum atomic E-state index is 13.8. The summed E-state index contributed by atoms with van der Waals surface area (Å²) in [7, 11) is -3.89. The van der Waals surface area contributed by atoms with Crippen molar-refractivity contribution >= 4 is 24.9 Å². The summed E-state index contributed by atoms with van der Waals surface area (Å²) in [6.07, 6.45) is 0. The fourth-order valence-electron chi connectivity index (χ4n) is 3.12. The van der Waals surface area contributed by atoms with E-state index in [4.69, 9.17) is 9.05 Å². The largest absolute Gasteiger partial charge is 0.370 e. The van der Waals surface area contributed by atoms with Gasteiger partial charge in [-0.3, -0.25) is 9.36 Å². The number of para-hydroxylation sites is 1. The van der Waals surface area contributed by atoms with Gasteiger partial charge in [-0.2, -0.15) is 0 Å². The molecule has 0 spiro atoms. The van der Waals surface area contributed by atoms with E-state index in [1.807, 2.05) is 37.3 Å². The van der Waals surface area contributed by atoms with Crippen molar-refractivity contribution in [3.63, 3.8) is 0 Å². The van der Waals surface area contributed by atoms with E-state index >= 15 is 0 Å².